The Morgan fingerprint density at radius 1 is 1.05 bits per heavy atom. The molecule has 0 amide bonds. The largest absolute Gasteiger partial charge is 0.311 e. The van der Waals surface area contributed by atoms with E-state index in [2.05, 4.69) is 22.0 Å². The third-order valence-electron chi connectivity index (χ3n) is 6.15. The zero-order valence-corrected chi connectivity index (χ0v) is 12.4. The van der Waals surface area contributed by atoms with Crippen LogP contribution in [-0.2, 0) is 0 Å². The summed E-state index contributed by atoms with van der Waals surface area (Å²) < 4.78 is 0. The third kappa shape index (κ3) is 2.24. The molecule has 1 aliphatic carbocycles. The minimum atomic E-state index is 0.792. The molecule has 0 spiro atoms. The van der Waals surface area contributed by atoms with Crippen molar-refractivity contribution in [2.45, 2.75) is 69.6 Å². The maximum atomic E-state index is 3.84. The second-order valence-electron chi connectivity index (χ2n) is 7.21. The Morgan fingerprint density at radius 2 is 1.95 bits per heavy atom. The van der Waals surface area contributed by atoms with Crippen molar-refractivity contribution in [3.05, 3.63) is 0 Å². The number of hydrogen-bond donors (Lipinski definition) is 1. The summed E-state index contributed by atoms with van der Waals surface area (Å²) in [6, 6.07) is 3.36. The number of piperazine rings is 1. The van der Waals surface area contributed by atoms with E-state index in [9.17, 15) is 0 Å². The van der Waals surface area contributed by atoms with Crippen molar-refractivity contribution in [3.63, 3.8) is 0 Å². The standard InChI is InChI=1S/C16H29N3/c1-2-13-10-17-14(12-5-6-12)11-19(13)16-7-9-18-8-3-4-15(16)18/h12-17H,2-11H2,1H3. The van der Waals surface area contributed by atoms with E-state index < -0.39 is 0 Å². The summed E-state index contributed by atoms with van der Waals surface area (Å²) in [5.41, 5.74) is 0. The summed E-state index contributed by atoms with van der Waals surface area (Å²) in [7, 11) is 0. The lowest BCUT2D eigenvalue weighted by molar-refractivity contribution is 0.0593. The van der Waals surface area contributed by atoms with Gasteiger partial charge in [-0.15, -0.1) is 0 Å². The summed E-state index contributed by atoms with van der Waals surface area (Å²) in [4.78, 5) is 5.70. The van der Waals surface area contributed by atoms with Crippen molar-refractivity contribution in [1.82, 2.24) is 15.1 Å². The van der Waals surface area contributed by atoms with Crippen LogP contribution in [0.3, 0.4) is 0 Å². The number of nitrogens with one attached hydrogen (secondary N) is 1. The summed E-state index contributed by atoms with van der Waals surface area (Å²) in [5.74, 6) is 1.00. The fourth-order valence-electron chi connectivity index (χ4n) is 4.89. The van der Waals surface area contributed by atoms with Gasteiger partial charge in [-0.2, -0.15) is 0 Å². The molecule has 108 valence electrons. The number of rotatable bonds is 3. The Bertz CT molecular complexity index is 328. The van der Waals surface area contributed by atoms with Gasteiger partial charge in [0.05, 0.1) is 0 Å². The van der Waals surface area contributed by atoms with E-state index in [1.54, 1.807) is 0 Å². The molecule has 3 aliphatic heterocycles. The fourth-order valence-corrected chi connectivity index (χ4v) is 4.89. The first-order valence-electron chi connectivity index (χ1n) is 8.60. The van der Waals surface area contributed by atoms with E-state index in [1.807, 2.05) is 0 Å². The molecule has 0 aromatic heterocycles. The van der Waals surface area contributed by atoms with E-state index in [1.165, 1.54) is 64.7 Å². The molecule has 4 atom stereocenters. The minimum Gasteiger partial charge on any atom is -0.311 e. The van der Waals surface area contributed by atoms with Gasteiger partial charge in [0.1, 0.15) is 0 Å². The Labute approximate surface area is 117 Å². The lowest BCUT2D eigenvalue weighted by atomic mass is 9.96. The molecule has 0 aromatic rings. The first kappa shape index (κ1) is 12.6. The van der Waals surface area contributed by atoms with Gasteiger partial charge >= 0.3 is 0 Å². The molecular formula is C16H29N3. The van der Waals surface area contributed by atoms with Crippen LogP contribution in [-0.4, -0.2) is 60.1 Å². The Morgan fingerprint density at radius 3 is 2.74 bits per heavy atom. The lowest BCUT2D eigenvalue weighted by Crippen LogP contribution is -2.61. The highest BCUT2D eigenvalue weighted by molar-refractivity contribution is 5.02. The molecule has 4 fully saturated rings. The van der Waals surface area contributed by atoms with Gasteiger partial charge in [0.15, 0.2) is 0 Å². The smallest absolute Gasteiger partial charge is 0.0267 e. The van der Waals surface area contributed by atoms with Crippen LogP contribution in [0.15, 0.2) is 0 Å². The lowest BCUT2D eigenvalue weighted by Gasteiger charge is -2.45. The van der Waals surface area contributed by atoms with Crippen LogP contribution < -0.4 is 5.32 Å². The molecule has 3 saturated heterocycles. The van der Waals surface area contributed by atoms with Crippen molar-refractivity contribution < 1.29 is 0 Å². The van der Waals surface area contributed by atoms with E-state index >= 15 is 0 Å². The Balaban J connectivity index is 1.49. The van der Waals surface area contributed by atoms with Gasteiger partial charge in [-0.25, -0.2) is 0 Å². The number of nitrogens with zero attached hydrogens (tertiary/aromatic N) is 2. The van der Waals surface area contributed by atoms with E-state index in [-0.39, 0.29) is 0 Å². The molecule has 0 aromatic carbocycles. The van der Waals surface area contributed by atoms with Gasteiger partial charge in [0.25, 0.3) is 0 Å². The predicted octanol–water partition coefficient (Wildman–Crippen LogP) is 1.69. The fraction of sp³-hybridized carbons (Fsp3) is 1.00. The monoisotopic (exact) mass is 263 g/mol. The first-order chi connectivity index (χ1) is 9.36. The maximum absolute atomic E-state index is 3.84. The third-order valence-corrected chi connectivity index (χ3v) is 6.15. The van der Waals surface area contributed by atoms with E-state index in [0.29, 0.717) is 0 Å². The van der Waals surface area contributed by atoms with Gasteiger partial charge in [-0.05, 0) is 51.0 Å². The molecular weight excluding hydrogens is 234 g/mol. The quantitative estimate of drug-likeness (QED) is 0.836. The zero-order valence-electron chi connectivity index (χ0n) is 12.4. The molecule has 1 saturated carbocycles. The predicted molar refractivity (Wildman–Crippen MR) is 78.3 cm³/mol. The topological polar surface area (TPSA) is 18.5 Å². The zero-order chi connectivity index (χ0) is 12.8. The van der Waals surface area contributed by atoms with Gasteiger partial charge in [0.2, 0.25) is 0 Å². The van der Waals surface area contributed by atoms with Crippen LogP contribution in [0.25, 0.3) is 0 Å². The van der Waals surface area contributed by atoms with Crippen molar-refractivity contribution in [2.75, 3.05) is 26.2 Å². The molecule has 0 bridgehead atoms. The summed E-state index contributed by atoms with van der Waals surface area (Å²) in [6.07, 6.45) is 8.59. The van der Waals surface area contributed by atoms with Gasteiger partial charge in [0, 0.05) is 43.8 Å². The minimum absolute atomic E-state index is 0.792. The van der Waals surface area contributed by atoms with Crippen molar-refractivity contribution in [3.8, 4) is 0 Å². The van der Waals surface area contributed by atoms with Crippen LogP contribution in [0.2, 0.25) is 0 Å². The van der Waals surface area contributed by atoms with Gasteiger partial charge < -0.3 is 5.32 Å². The molecule has 3 heteroatoms. The first-order valence-corrected chi connectivity index (χ1v) is 8.60. The molecule has 3 heterocycles. The van der Waals surface area contributed by atoms with Crippen LogP contribution in [0.5, 0.6) is 0 Å². The van der Waals surface area contributed by atoms with E-state index in [4.69, 9.17) is 0 Å². The average Bonchev–Trinajstić information content (AvgIpc) is 3.05. The molecule has 4 rings (SSSR count). The highest BCUT2D eigenvalue weighted by atomic mass is 15.3. The van der Waals surface area contributed by atoms with Crippen molar-refractivity contribution in [2.24, 2.45) is 5.92 Å². The van der Waals surface area contributed by atoms with Crippen LogP contribution >= 0.6 is 0 Å². The molecule has 0 radical (unpaired) electrons. The van der Waals surface area contributed by atoms with Crippen LogP contribution in [0.4, 0.5) is 0 Å². The van der Waals surface area contributed by atoms with Crippen LogP contribution in [0, 0.1) is 5.92 Å². The number of hydrogen-bond acceptors (Lipinski definition) is 3. The van der Waals surface area contributed by atoms with Crippen molar-refractivity contribution in [1.29, 1.82) is 0 Å². The number of fused-ring (bicyclic) bond motifs is 1. The average molecular weight is 263 g/mol. The highest BCUT2D eigenvalue weighted by Crippen LogP contribution is 2.38. The Hall–Kier alpha value is -0.120. The molecule has 19 heavy (non-hydrogen) atoms. The second-order valence-corrected chi connectivity index (χ2v) is 7.21. The second kappa shape index (κ2) is 5.01. The van der Waals surface area contributed by atoms with E-state index in [0.717, 1.165) is 30.1 Å². The summed E-state index contributed by atoms with van der Waals surface area (Å²) in [6.45, 7) is 7.68. The summed E-state index contributed by atoms with van der Waals surface area (Å²) >= 11 is 0. The van der Waals surface area contributed by atoms with Crippen LogP contribution in [0.1, 0.15) is 45.4 Å². The maximum Gasteiger partial charge on any atom is 0.0267 e. The van der Waals surface area contributed by atoms with Crippen molar-refractivity contribution >= 4 is 0 Å². The summed E-state index contributed by atoms with van der Waals surface area (Å²) in [5, 5.41) is 3.84. The molecule has 1 N–H and O–H groups in total. The molecule has 4 unspecified atom stereocenters. The molecule has 3 nitrogen and oxygen atoms in total. The SMILES string of the molecule is CCC1CNC(C2CC2)CN1C1CCN2CCCC12. The van der Waals surface area contributed by atoms with Gasteiger partial charge in [-0.3, -0.25) is 9.80 Å². The van der Waals surface area contributed by atoms with Gasteiger partial charge in [-0.1, -0.05) is 6.92 Å². The highest BCUT2D eigenvalue weighted by Gasteiger charge is 2.45. The normalized spacial score (nSPS) is 44.7. The Kier molecular flexibility index (Phi) is 3.33. The molecule has 4 aliphatic rings.